The lowest BCUT2D eigenvalue weighted by Gasteiger charge is -2.23. The van der Waals surface area contributed by atoms with Gasteiger partial charge in [0.15, 0.2) is 0 Å². The molecule has 0 bridgehead atoms. The number of hydrogen-bond donors (Lipinski definition) is 1. The van der Waals surface area contributed by atoms with E-state index in [0.29, 0.717) is 49.6 Å². The van der Waals surface area contributed by atoms with Gasteiger partial charge in [0.1, 0.15) is 28.7 Å². The third kappa shape index (κ3) is 5.34. The van der Waals surface area contributed by atoms with E-state index in [9.17, 15) is 9.50 Å². The first-order valence-corrected chi connectivity index (χ1v) is 9.55. The molecule has 0 saturated carbocycles. The number of halogens is 1. The standard InChI is InChI=1S/C24H26FNO3/c1-3-13-24(27,14-4-2)23-12-11-21(29-23)18-26(17-20-9-7-15-28-20)16-19-8-5-6-10-22(19)25/h3-12,15,27H,1-2,13-14,16-18H2. The monoisotopic (exact) mass is 395 g/mol. The van der Waals surface area contributed by atoms with Crippen LogP contribution in [0.2, 0.25) is 0 Å². The summed E-state index contributed by atoms with van der Waals surface area (Å²) in [5, 5.41) is 10.9. The molecule has 0 amide bonds. The van der Waals surface area contributed by atoms with Crippen LogP contribution in [-0.2, 0) is 25.2 Å². The molecule has 0 radical (unpaired) electrons. The second-order valence-corrected chi connectivity index (χ2v) is 7.10. The molecule has 0 spiro atoms. The first-order chi connectivity index (χ1) is 14.0. The van der Waals surface area contributed by atoms with Gasteiger partial charge in [-0.25, -0.2) is 4.39 Å². The van der Waals surface area contributed by atoms with Gasteiger partial charge in [0, 0.05) is 24.9 Å². The maximum absolute atomic E-state index is 14.2. The third-order valence-corrected chi connectivity index (χ3v) is 4.78. The van der Waals surface area contributed by atoms with Gasteiger partial charge in [-0.1, -0.05) is 30.4 Å². The van der Waals surface area contributed by atoms with Gasteiger partial charge in [0.05, 0.1) is 19.4 Å². The van der Waals surface area contributed by atoms with Crippen molar-refractivity contribution in [1.29, 1.82) is 0 Å². The van der Waals surface area contributed by atoms with Crippen molar-refractivity contribution in [3.05, 3.63) is 109 Å². The summed E-state index contributed by atoms with van der Waals surface area (Å²) in [7, 11) is 0. The molecule has 152 valence electrons. The molecule has 4 nitrogen and oxygen atoms in total. The van der Waals surface area contributed by atoms with Crippen molar-refractivity contribution < 1.29 is 18.3 Å². The molecule has 1 aromatic carbocycles. The van der Waals surface area contributed by atoms with E-state index in [0.717, 1.165) is 5.76 Å². The molecule has 1 N–H and O–H groups in total. The zero-order valence-corrected chi connectivity index (χ0v) is 16.4. The highest BCUT2D eigenvalue weighted by Gasteiger charge is 2.30. The fourth-order valence-electron chi connectivity index (χ4n) is 3.35. The number of furan rings is 2. The average molecular weight is 395 g/mol. The van der Waals surface area contributed by atoms with Gasteiger partial charge >= 0.3 is 0 Å². The van der Waals surface area contributed by atoms with E-state index >= 15 is 0 Å². The summed E-state index contributed by atoms with van der Waals surface area (Å²) in [6, 6.07) is 14.0. The van der Waals surface area contributed by atoms with Crippen LogP contribution in [0.15, 0.2) is 88.9 Å². The Labute approximate surface area is 170 Å². The Morgan fingerprint density at radius 2 is 1.66 bits per heavy atom. The molecule has 5 heteroatoms. The van der Waals surface area contributed by atoms with E-state index < -0.39 is 5.60 Å². The Balaban J connectivity index is 1.80. The predicted octanol–water partition coefficient (Wildman–Crippen LogP) is 5.55. The molecular formula is C24H26FNO3. The van der Waals surface area contributed by atoms with Crippen LogP contribution < -0.4 is 0 Å². The van der Waals surface area contributed by atoms with Gasteiger partial charge in [-0.05, 0) is 30.3 Å². The highest BCUT2D eigenvalue weighted by molar-refractivity contribution is 5.19. The minimum atomic E-state index is -1.17. The number of aliphatic hydroxyl groups is 1. The SMILES string of the molecule is C=CCC(O)(CC=C)c1ccc(CN(Cc2ccco2)Cc2ccccc2F)o1. The van der Waals surface area contributed by atoms with Crippen LogP contribution in [0.5, 0.6) is 0 Å². The lowest BCUT2D eigenvalue weighted by Crippen LogP contribution is -2.24. The molecule has 0 fully saturated rings. The van der Waals surface area contributed by atoms with Crippen LogP contribution >= 0.6 is 0 Å². The summed E-state index contributed by atoms with van der Waals surface area (Å²) < 4.78 is 25.6. The lowest BCUT2D eigenvalue weighted by atomic mass is 9.93. The first-order valence-electron chi connectivity index (χ1n) is 9.55. The minimum absolute atomic E-state index is 0.247. The lowest BCUT2D eigenvalue weighted by molar-refractivity contribution is 0.0185. The van der Waals surface area contributed by atoms with E-state index in [-0.39, 0.29) is 5.82 Å². The van der Waals surface area contributed by atoms with Gasteiger partial charge in [-0.3, -0.25) is 4.90 Å². The summed E-state index contributed by atoms with van der Waals surface area (Å²) in [5.41, 5.74) is -0.570. The molecule has 0 saturated heterocycles. The number of nitrogens with zero attached hydrogens (tertiary/aromatic N) is 1. The minimum Gasteiger partial charge on any atom is -0.468 e. The van der Waals surface area contributed by atoms with E-state index in [4.69, 9.17) is 8.83 Å². The highest BCUT2D eigenvalue weighted by Crippen LogP contribution is 2.31. The average Bonchev–Trinajstić information content (AvgIpc) is 3.36. The zero-order chi connectivity index (χ0) is 20.7. The van der Waals surface area contributed by atoms with Crippen LogP contribution in [0.25, 0.3) is 0 Å². The summed E-state index contributed by atoms with van der Waals surface area (Å²) in [6.45, 7) is 8.77. The fraction of sp³-hybridized carbons (Fsp3) is 0.250. The summed E-state index contributed by atoms with van der Waals surface area (Å²) in [6.07, 6.45) is 5.65. The Morgan fingerprint density at radius 3 is 2.31 bits per heavy atom. The van der Waals surface area contributed by atoms with Crippen molar-refractivity contribution in [2.45, 2.75) is 38.1 Å². The van der Waals surface area contributed by atoms with E-state index in [1.807, 2.05) is 29.2 Å². The highest BCUT2D eigenvalue weighted by atomic mass is 19.1. The Hall–Kier alpha value is -2.89. The summed E-state index contributed by atoms with van der Waals surface area (Å²) in [4.78, 5) is 2.03. The Morgan fingerprint density at radius 1 is 0.931 bits per heavy atom. The maximum atomic E-state index is 14.2. The Bertz CT molecular complexity index is 919. The van der Waals surface area contributed by atoms with Crippen LogP contribution in [0, 0.1) is 5.82 Å². The third-order valence-electron chi connectivity index (χ3n) is 4.78. The van der Waals surface area contributed by atoms with Crippen molar-refractivity contribution in [3.8, 4) is 0 Å². The zero-order valence-electron chi connectivity index (χ0n) is 16.4. The van der Waals surface area contributed by atoms with Gasteiger partial charge in [-0.2, -0.15) is 0 Å². The number of hydrogen-bond acceptors (Lipinski definition) is 4. The maximum Gasteiger partial charge on any atom is 0.136 e. The Kier molecular flexibility index (Phi) is 6.86. The summed E-state index contributed by atoms with van der Waals surface area (Å²) >= 11 is 0. The molecule has 3 aromatic rings. The van der Waals surface area contributed by atoms with Crippen molar-refractivity contribution in [3.63, 3.8) is 0 Å². The van der Waals surface area contributed by atoms with Gasteiger partial charge in [-0.15, -0.1) is 13.2 Å². The quantitative estimate of drug-likeness (QED) is 0.432. The topological polar surface area (TPSA) is 49.8 Å². The van der Waals surface area contributed by atoms with Gasteiger partial charge < -0.3 is 13.9 Å². The molecule has 2 aromatic heterocycles. The van der Waals surface area contributed by atoms with Crippen molar-refractivity contribution in [2.24, 2.45) is 0 Å². The van der Waals surface area contributed by atoms with Crippen LogP contribution in [0.1, 0.15) is 35.7 Å². The second-order valence-electron chi connectivity index (χ2n) is 7.10. The molecule has 0 aliphatic heterocycles. The predicted molar refractivity (Wildman–Crippen MR) is 110 cm³/mol. The molecule has 0 aliphatic carbocycles. The van der Waals surface area contributed by atoms with Gasteiger partial charge in [0.2, 0.25) is 0 Å². The van der Waals surface area contributed by atoms with E-state index in [2.05, 4.69) is 13.2 Å². The smallest absolute Gasteiger partial charge is 0.136 e. The number of rotatable bonds is 11. The number of benzene rings is 1. The van der Waals surface area contributed by atoms with Crippen LogP contribution in [0.3, 0.4) is 0 Å². The van der Waals surface area contributed by atoms with E-state index in [1.54, 1.807) is 36.6 Å². The molecule has 29 heavy (non-hydrogen) atoms. The molecule has 0 atom stereocenters. The fourth-order valence-corrected chi connectivity index (χ4v) is 3.35. The van der Waals surface area contributed by atoms with Crippen LogP contribution in [-0.4, -0.2) is 10.0 Å². The van der Waals surface area contributed by atoms with E-state index in [1.165, 1.54) is 6.07 Å². The molecule has 0 unspecified atom stereocenters. The molecule has 0 aliphatic rings. The molecule has 3 rings (SSSR count). The summed E-state index contributed by atoms with van der Waals surface area (Å²) in [5.74, 6) is 1.68. The largest absolute Gasteiger partial charge is 0.468 e. The van der Waals surface area contributed by atoms with Crippen molar-refractivity contribution in [1.82, 2.24) is 4.90 Å². The normalized spacial score (nSPS) is 11.7. The molecular weight excluding hydrogens is 369 g/mol. The van der Waals surface area contributed by atoms with Crippen molar-refractivity contribution in [2.75, 3.05) is 0 Å². The second kappa shape index (κ2) is 9.54. The molecule has 2 heterocycles. The van der Waals surface area contributed by atoms with Gasteiger partial charge in [0.25, 0.3) is 0 Å². The first kappa shape index (κ1) is 20.8. The van der Waals surface area contributed by atoms with Crippen molar-refractivity contribution >= 4 is 0 Å². The van der Waals surface area contributed by atoms with Crippen LogP contribution in [0.4, 0.5) is 4.39 Å².